The van der Waals surface area contributed by atoms with Crippen molar-refractivity contribution in [1.29, 1.82) is 0 Å². The summed E-state index contributed by atoms with van der Waals surface area (Å²) < 4.78 is 6.45. The lowest BCUT2D eigenvalue weighted by Gasteiger charge is -2.22. The van der Waals surface area contributed by atoms with E-state index in [9.17, 15) is 14.4 Å². The van der Waals surface area contributed by atoms with Gasteiger partial charge in [0, 0.05) is 31.5 Å². The second kappa shape index (κ2) is 10.5. The quantitative estimate of drug-likeness (QED) is 0.456. The third kappa shape index (κ3) is 4.91. The largest absolute Gasteiger partial charge is 0.494 e. The minimum Gasteiger partial charge on any atom is -0.494 e. The number of benzene rings is 2. The molecule has 0 saturated carbocycles. The number of aryl methyl sites for hydroxylation is 1. The van der Waals surface area contributed by atoms with Gasteiger partial charge in [-0.05, 0) is 56.9 Å². The molecule has 2 aromatic carbocycles. The molecule has 2 heterocycles. The Morgan fingerprint density at radius 3 is 2.29 bits per heavy atom. The minimum absolute atomic E-state index is 0. The zero-order valence-corrected chi connectivity index (χ0v) is 21.2. The molecule has 3 aromatic rings. The molecule has 1 fully saturated rings. The Morgan fingerprint density at radius 1 is 1.06 bits per heavy atom. The number of amides is 3. The normalized spacial score (nSPS) is 13.5. The maximum absolute atomic E-state index is 13.5. The van der Waals surface area contributed by atoms with Crippen molar-refractivity contribution in [2.24, 2.45) is 0 Å². The van der Waals surface area contributed by atoms with Crippen LogP contribution in [0.1, 0.15) is 28.8 Å². The number of halogens is 1. The fourth-order valence-electron chi connectivity index (χ4n) is 3.74. The second-order valence-electron chi connectivity index (χ2n) is 8.19. The zero-order chi connectivity index (χ0) is 23.7. The Labute approximate surface area is 208 Å². The van der Waals surface area contributed by atoms with Crippen LogP contribution in [0, 0.1) is 6.92 Å². The van der Waals surface area contributed by atoms with E-state index in [1.165, 1.54) is 16.2 Å². The first kappa shape index (κ1) is 25.6. The summed E-state index contributed by atoms with van der Waals surface area (Å²) in [5.41, 5.74) is 2.75. The molecule has 0 radical (unpaired) electrons. The van der Waals surface area contributed by atoms with Crippen LogP contribution in [0.3, 0.4) is 0 Å². The van der Waals surface area contributed by atoms with Crippen molar-refractivity contribution in [1.82, 2.24) is 9.88 Å². The Balaban J connectivity index is 0.00000324. The first-order valence-electron chi connectivity index (χ1n) is 10.7. The average molecular weight is 503 g/mol. The number of nitrogens with zero attached hydrogens (tertiary/aromatic N) is 4. The summed E-state index contributed by atoms with van der Waals surface area (Å²) in [5.74, 6) is 0.0384. The maximum Gasteiger partial charge on any atom is 0.260 e. The van der Waals surface area contributed by atoms with Crippen LogP contribution in [0.4, 0.5) is 10.8 Å². The van der Waals surface area contributed by atoms with Crippen LogP contribution in [0.15, 0.2) is 36.4 Å². The SMILES string of the molecule is COc1ccc(C)c2sc(N(CCN(C)C)C(=O)c3ccc(N4C(=O)CCC4=O)cc3)nc12.Cl. The van der Waals surface area contributed by atoms with Crippen LogP contribution in [0.5, 0.6) is 5.75 Å². The molecule has 3 amide bonds. The molecule has 1 aromatic heterocycles. The van der Waals surface area contributed by atoms with Gasteiger partial charge in [0.15, 0.2) is 5.13 Å². The molecule has 0 spiro atoms. The van der Waals surface area contributed by atoms with Crippen molar-refractivity contribution in [3.05, 3.63) is 47.5 Å². The number of imide groups is 1. The van der Waals surface area contributed by atoms with Crippen molar-refractivity contribution in [2.75, 3.05) is 44.1 Å². The third-order valence-electron chi connectivity index (χ3n) is 5.58. The fourth-order valence-corrected chi connectivity index (χ4v) is 4.81. The van der Waals surface area contributed by atoms with Gasteiger partial charge in [0.25, 0.3) is 5.91 Å². The van der Waals surface area contributed by atoms with Gasteiger partial charge in [-0.15, -0.1) is 12.4 Å². The van der Waals surface area contributed by atoms with Crippen LogP contribution >= 0.6 is 23.7 Å². The van der Waals surface area contributed by atoms with E-state index in [4.69, 9.17) is 9.72 Å². The van der Waals surface area contributed by atoms with Crippen LogP contribution in [-0.4, -0.2) is 61.9 Å². The number of fused-ring (bicyclic) bond motifs is 1. The summed E-state index contributed by atoms with van der Waals surface area (Å²) in [6.07, 6.45) is 0.441. The summed E-state index contributed by atoms with van der Waals surface area (Å²) in [6, 6.07) is 10.5. The molecule has 0 N–H and O–H groups in total. The smallest absolute Gasteiger partial charge is 0.260 e. The number of carbonyl (C=O) groups is 3. The Kier molecular flexibility index (Phi) is 7.91. The van der Waals surface area contributed by atoms with E-state index in [0.29, 0.717) is 35.2 Å². The van der Waals surface area contributed by atoms with Crippen molar-refractivity contribution < 1.29 is 19.1 Å². The van der Waals surface area contributed by atoms with Gasteiger partial charge in [-0.1, -0.05) is 17.4 Å². The van der Waals surface area contributed by atoms with E-state index >= 15 is 0 Å². The first-order valence-corrected chi connectivity index (χ1v) is 11.5. The summed E-state index contributed by atoms with van der Waals surface area (Å²) in [5, 5.41) is 0.596. The number of hydrogen-bond acceptors (Lipinski definition) is 7. The molecule has 0 unspecified atom stereocenters. The lowest BCUT2D eigenvalue weighted by atomic mass is 10.1. The van der Waals surface area contributed by atoms with E-state index in [-0.39, 0.29) is 43.0 Å². The Hall–Kier alpha value is -3.01. The number of anilines is 2. The molecule has 0 atom stereocenters. The summed E-state index contributed by atoms with van der Waals surface area (Å²) in [6.45, 7) is 3.12. The number of carbonyl (C=O) groups excluding carboxylic acids is 3. The number of methoxy groups -OCH3 is 1. The molecule has 180 valence electrons. The highest BCUT2D eigenvalue weighted by atomic mass is 35.5. The number of rotatable bonds is 7. The van der Waals surface area contributed by atoms with Crippen LogP contribution in [0.25, 0.3) is 10.2 Å². The molecule has 1 saturated heterocycles. The minimum atomic E-state index is -0.217. The highest BCUT2D eigenvalue weighted by Gasteiger charge is 2.30. The highest BCUT2D eigenvalue weighted by Crippen LogP contribution is 2.37. The van der Waals surface area contributed by atoms with Crippen molar-refractivity contribution >= 4 is 62.5 Å². The Bertz CT molecular complexity index is 1210. The van der Waals surface area contributed by atoms with Gasteiger partial charge in [-0.3, -0.25) is 24.2 Å². The number of hydrogen-bond donors (Lipinski definition) is 0. The van der Waals surface area contributed by atoms with Gasteiger partial charge in [0.05, 0.1) is 17.5 Å². The summed E-state index contributed by atoms with van der Waals surface area (Å²) >= 11 is 1.46. The summed E-state index contributed by atoms with van der Waals surface area (Å²) in [4.78, 5) is 47.2. The van der Waals surface area contributed by atoms with Gasteiger partial charge in [-0.2, -0.15) is 0 Å². The number of thiazole rings is 1. The van der Waals surface area contributed by atoms with Crippen molar-refractivity contribution in [3.8, 4) is 5.75 Å². The van der Waals surface area contributed by atoms with Gasteiger partial charge >= 0.3 is 0 Å². The van der Waals surface area contributed by atoms with Crippen LogP contribution < -0.4 is 14.5 Å². The van der Waals surface area contributed by atoms with E-state index in [1.807, 2.05) is 38.1 Å². The predicted octanol–water partition coefficient (Wildman–Crippen LogP) is 3.90. The fraction of sp³-hybridized carbons (Fsp3) is 0.333. The van der Waals surface area contributed by atoms with Crippen LogP contribution in [-0.2, 0) is 9.59 Å². The van der Waals surface area contributed by atoms with E-state index in [1.54, 1.807) is 36.3 Å². The van der Waals surface area contributed by atoms with Gasteiger partial charge < -0.3 is 9.64 Å². The average Bonchev–Trinajstić information content (AvgIpc) is 3.38. The lowest BCUT2D eigenvalue weighted by Crippen LogP contribution is -2.36. The van der Waals surface area contributed by atoms with Crippen molar-refractivity contribution in [2.45, 2.75) is 19.8 Å². The molecule has 1 aliphatic rings. The van der Waals surface area contributed by atoms with E-state index < -0.39 is 0 Å². The molecule has 10 heteroatoms. The molecule has 34 heavy (non-hydrogen) atoms. The molecule has 4 rings (SSSR count). The highest BCUT2D eigenvalue weighted by molar-refractivity contribution is 7.22. The zero-order valence-electron chi connectivity index (χ0n) is 19.5. The molecule has 8 nitrogen and oxygen atoms in total. The maximum atomic E-state index is 13.5. The molecule has 1 aliphatic heterocycles. The summed E-state index contributed by atoms with van der Waals surface area (Å²) in [7, 11) is 5.51. The Morgan fingerprint density at radius 2 is 1.71 bits per heavy atom. The van der Waals surface area contributed by atoms with E-state index in [2.05, 4.69) is 0 Å². The topological polar surface area (TPSA) is 83.0 Å². The molecular formula is C24H27ClN4O4S. The van der Waals surface area contributed by atoms with Gasteiger partial charge in [0.2, 0.25) is 11.8 Å². The standard InChI is InChI=1S/C24H26N4O4S.ClH/c1-15-5-10-18(32-4)21-22(15)33-24(25-21)27(14-13-26(2)3)23(31)16-6-8-17(9-7-16)28-19(29)11-12-20(28)30;/h5-10H,11-14H2,1-4H3;1H. The lowest BCUT2D eigenvalue weighted by molar-refractivity contribution is -0.121. The number of aromatic nitrogens is 1. The number of likely N-dealkylation sites (N-methyl/N-ethyl adjacent to an activating group) is 1. The molecule has 0 bridgehead atoms. The molecule has 0 aliphatic carbocycles. The third-order valence-corrected chi connectivity index (χ3v) is 6.80. The molecular weight excluding hydrogens is 476 g/mol. The first-order chi connectivity index (χ1) is 15.8. The monoisotopic (exact) mass is 502 g/mol. The predicted molar refractivity (Wildman–Crippen MR) is 137 cm³/mol. The van der Waals surface area contributed by atoms with Crippen molar-refractivity contribution in [3.63, 3.8) is 0 Å². The second-order valence-corrected chi connectivity index (χ2v) is 9.17. The van der Waals surface area contributed by atoms with Crippen LogP contribution in [0.2, 0.25) is 0 Å². The van der Waals surface area contributed by atoms with E-state index in [0.717, 1.165) is 15.8 Å². The van der Waals surface area contributed by atoms with Gasteiger partial charge in [-0.25, -0.2) is 4.98 Å². The van der Waals surface area contributed by atoms with Gasteiger partial charge in [0.1, 0.15) is 11.3 Å². The number of ether oxygens (including phenoxy) is 1.